The van der Waals surface area contributed by atoms with Gasteiger partial charge < -0.3 is 10.1 Å². The van der Waals surface area contributed by atoms with Gasteiger partial charge in [-0.1, -0.05) is 18.6 Å². The average Bonchev–Trinajstić information content (AvgIpc) is 3.56. The largest absolute Gasteiger partial charge is 0.495 e. The van der Waals surface area contributed by atoms with Crippen molar-refractivity contribution < 1.29 is 22.3 Å². The maximum absolute atomic E-state index is 13.1. The van der Waals surface area contributed by atoms with Crippen LogP contribution in [0.2, 0.25) is 0 Å². The van der Waals surface area contributed by atoms with E-state index in [0.29, 0.717) is 25.2 Å². The van der Waals surface area contributed by atoms with Crippen molar-refractivity contribution in [1.29, 1.82) is 0 Å². The Morgan fingerprint density at radius 1 is 1.10 bits per heavy atom. The van der Waals surface area contributed by atoms with Gasteiger partial charge in [-0.2, -0.15) is 4.31 Å². The molecule has 0 radical (unpaired) electrons. The van der Waals surface area contributed by atoms with E-state index in [2.05, 4.69) is 5.32 Å². The first kappa shape index (κ1) is 20.8. The van der Waals surface area contributed by atoms with E-state index in [1.165, 1.54) is 29.6 Å². The van der Waals surface area contributed by atoms with Gasteiger partial charge in [-0.05, 0) is 61.1 Å². The molecule has 6 nitrogen and oxygen atoms in total. The minimum absolute atomic E-state index is 0.0559. The Balaban J connectivity index is 1.50. The van der Waals surface area contributed by atoms with Gasteiger partial charge in [-0.25, -0.2) is 12.8 Å². The van der Waals surface area contributed by atoms with Crippen molar-refractivity contribution in [2.45, 2.75) is 36.5 Å². The Bertz CT molecular complexity index is 1030. The first-order valence-corrected chi connectivity index (χ1v) is 11.6. The molecule has 2 aliphatic rings. The zero-order chi connectivity index (χ0) is 21.3. The van der Waals surface area contributed by atoms with E-state index in [1.807, 2.05) is 0 Å². The first-order valence-electron chi connectivity index (χ1n) is 10.1. The standard InChI is InChI=1S/C22H25FN2O4S/c1-29-20-10-9-17(13-21(20)30(27,28)25-11-3-2-4-12-25)24-22(26)19-14-18(19)15-5-7-16(23)8-6-15/h5-10,13,18-19H,2-4,11-12,14H2,1H3,(H,24,26). The summed E-state index contributed by atoms with van der Waals surface area (Å²) in [7, 11) is -2.27. The molecule has 1 N–H and O–H groups in total. The third kappa shape index (κ3) is 4.20. The van der Waals surface area contributed by atoms with Crippen molar-refractivity contribution in [1.82, 2.24) is 4.31 Å². The number of carbonyl (C=O) groups excluding carboxylic acids is 1. The fourth-order valence-electron chi connectivity index (χ4n) is 4.00. The molecule has 30 heavy (non-hydrogen) atoms. The van der Waals surface area contributed by atoms with Crippen molar-refractivity contribution >= 4 is 21.6 Å². The second-order valence-corrected chi connectivity index (χ2v) is 9.73. The van der Waals surface area contributed by atoms with Gasteiger partial charge in [0.05, 0.1) is 7.11 Å². The zero-order valence-electron chi connectivity index (χ0n) is 16.8. The number of benzene rings is 2. The highest BCUT2D eigenvalue weighted by atomic mass is 32.2. The van der Waals surface area contributed by atoms with Crippen molar-refractivity contribution in [2.24, 2.45) is 5.92 Å². The molecule has 160 valence electrons. The summed E-state index contributed by atoms with van der Waals surface area (Å²) in [5.41, 5.74) is 1.35. The molecule has 1 amide bonds. The Labute approximate surface area is 176 Å². The van der Waals surface area contributed by atoms with Gasteiger partial charge in [0.1, 0.15) is 16.5 Å². The van der Waals surface area contributed by atoms with Crippen molar-refractivity contribution in [3.63, 3.8) is 0 Å². The number of nitrogens with zero attached hydrogens (tertiary/aromatic N) is 1. The van der Waals surface area contributed by atoms with Crippen LogP contribution in [0.1, 0.15) is 37.2 Å². The summed E-state index contributed by atoms with van der Waals surface area (Å²) < 4.78 is 46.1. The van der Waals surface area contributed by atoms with Gasteiger partial charge in [0.15, 0.2) is 0 Å². The molecule has 1 saturated carbocycles. The third-order valence-corrected chi connectivity index (χ3v) is 7.71. The maximum Gasteiger partial charge on any atom is 0.246 e. The number of methoxy groups -OCH3 is 1. The van der Waals surface area contributed by atoms with Gasteiger partial charge >= 0.3 is 0 Å². The number of piperidine rings is 1. The molecule has 1 heterocycles. The minimum atomic E-state index is -3.70. The molecule has 0 bridgehead atoms. The van der Waals surface area contributed by atoms with E-state index in [1.54, 1.807) is 24.3 Å². The molecular formula is C22H25FN2O4S. The average molecular weight is 433 g/mol. The molecular weight excluding hydrogens is 407 g/mol. The SMILES string of the molecule is COc1ccc(NC(=O)C2CC2c2ccc(F)cc2)cc1S(=O)(=O)N1CCCCC1. The number of hydrogen-bond donors (Lipinski definition) is 1. The number of sulfonamides is 1. The quantitative estimate of drug-likeness (QED) is 0.754. The fraction of sp³-hybridized carbons (Fsp3) is 0.409. The minimum Gasteiger partial charge on any atom is -0.495 e. The summed E-state index contributed by atoms with van der Waals surface area (Å²) in [5, 5.41) is 2.83. The highest BCUT2D eigenvalue weighted by Crippen LogP contribution is 2.48. The van der Waals surface area contributed by atoms with Crippen molar-refractivity contribution in [2.75, 3.05) is 25.5 Å². The molecule has 1 aliphatic heterocycles. The summed E-state index contributed by atoms with van der Waals surface area (Å²) in [6.45, 7) is 0.979. The highest BCUT2D eigenvalue weighted by molar-refractivity contribution is 7.89. The van der Waals surface area contributed by atoms with Crippen LogP contribution in [0.4, 0.5) is 10.1 Å². The molecule has 8 heteroatoms. The fourth-order valence-corrected chi connectivity index (χ4v) is 5.70. The van der Waals surface area contributed by atoms with Crippen LogP contribution in [-0.4, -0.2) is 38.8 Å². The van der Waals surface area contributed by atoms with Crippen LogP contribution in [0.5, 0.6) is 5.75 Å². The first-order chi connectivity index (χ1) is 14.4. The van der Waals surface area contributed by atoms with Crippen LogP contribution in [-0.2, 0) is 14.8 Å². The molecule has 2 unspecified atom stereocenters. The monoisotopic (exact) mass is 432 g/mol. The summed E-state index contributed by atoms with van der Waals surface area (Å²) in [6.07, 6.45) is 3.39. The molecule has 4 rings (SSSR count). The molecule has 2 atom stereocenters. The van der Waals surface area contributed by atoms with Gasteiger partial charge in [0.2, 0.25) is 15.9 Å². The Hall–Kier alpha value is -2.45. The number of ether oxygens (including phenoxy) is 1. The topological polar surface area (TPSA) is 75.7 Å². The normalized spacial score (nSPS) is 21.8. The van der Waals surface area contributed by atoms with Crippen LogP contribution in [0.25, 0.3) is 0 Å². The lowest BCUT2D eigenvalue weighted by Gasteiger charge is -2.26. The lowest BCUT2D eigenvalue weighted by atomic mass is 10.1. The third-order valence-electron chi connectivity index (χ3n) is 5.79. The Morgan fingerprint density at radius 2 is 1.80 bits per heavy atom. The highest BCUT2D eigenvalue weighted by Gasteiger charge is 2.44. The van der Waals surface area contributed by atoms with E-state index in [4.69, 9.17) is 4.74 Å². The number of nitrogens with one attached hydrogen (secondary N) is 1. The van der Waals surface area contributed by atoms with E-state index in [0.717, 1.165) is 24.8 Å². The van der Waals surface area contributed by atoms with Crippen LogP contribution < -0.4 is 10.1 Å². The summed E-state index contributed by atoms with van der Waals surface area (Å²) >= 11 is 0. The van der Waals surface area contributed by atoms with Gasteiger partial charge in [0.25, 0.3) is 0 Å². The van der Waals surface area contributed by atoms with Crippen LogP contribution in [0, 0.1) is 11.7 Å². The van der Waals surface area contributed by atoms with E-state index < -0.39 is 10.0 Å². The zero-order valence-corrected chi connectivity index (χ0v) is 17.6. The van der Waals surface area contributed by atoms with Gasteiger partial charge in [-0.15, -0.1) is 0 Å². The molecule has 2 aromatic carbocycles. The predicted molar refractivity (Wildman–Crippen MR) is 111 cm³/mol. The summed E-state index contributed by atoms with van der Waals surface area (Å²) in [4.78, 5) is 12.7. The lowest BCUT2D eigenvalue weighted by Crippen LogP contribution is -2.35. The van der Waals surface area contributed by atoms with Crippen LogP contribution in [0.3, 0.4) is 0 Å². The number of amides is 1. The summed E-state index contributed by atoms with van der Waals surface area (Å²) in [5.74, 6) is -0.369. The number of carbonyl (C=O) groups is 1. The molecule has 2 aromatic rings. The molecule has 1 saturated heterocycles. The van der Waals surface area contributed by atoms with E-state index in [-0.39, 0.29) is 34.2 Å². The van der Waals surface area contributed by atoms with Crippen molar-refractivity contribution in [3.8, 4) is 5.75 Å². The molecule has 2 fully saturated rings. The maximum atomic E-state index is 13.1. The van der Waals surface area contributed by atoms with Crippen molar-refractivity contribution in [3.05, 3.63) is 53.8 Å². The smallest absolute Gasteiger partial charge is 0.246 e. The molecule has 1 aliphatic carbocycles. The van der Waals surface area contributed by atoms with Crippen LogP contribution >= 0.6 is 0 Å². The van der Waals surface area contributed by atoms with Crippen LogP contribution in [0.15, 0.2) is 47.4 Å². The Kier molecular flexibility index (Phi) is 5.79. The van der Waals surface area contributed by atoms with Gasteiger partial charge in [-0.3, -0.25) is 4.79 Å². The predicted octanol–water partition coefficient (Wildman–Crippen LogP) is 3.75. The Morgan fingerprint density at radius 3 is 2.47 bits per heavy atom. The van der Waals surface area contributed by atoms with Gasteiger partial charge in [0, 0.05) is 24.7 Å². The molecule has 0 spiro atoms. The number of rotatable bonds is 6. The number of anilines is 1. The number of hydrogen-bond acceptors (Lipinski definition) is 4. The second kappa shape index (κ2) is 8.35. The second-order valence-electron chi connectivity index (χ2n) is 7.82. The van der Waals surface area contributed by atoms with E-state index in [9.17, 15) is 17.6 Å². The lowest BCUT2D eigenvalue weighted by molar-refractivity contribution is -0.117. The van der Waals surface area contributed by atoms with E-state index >= 15 is 0 Å². The molecule has 0 aromatic heterocycles. The summed E-state index contributed by atoms with van der Waals surface area (Å²) in [6, 6.07) is 10.9. The number of halogens is 1.